The molecule has 2 fully saturated rings. The number of carbonyl (C=O) groups is 3. The molecule has 0 radical (unpaired) electrons. The second-order valence-corrected chi connectivity index (χ2v) is 11.1. The van der Waals surface area contributed by atoms with Crippen LogP contribution in [-0.2, 0) is 25.7 Å². The van der Waals surface area contributed by atoms with Gasteiger partial charge < -0.3 is 24.5 Å². The van der Waals surface area contributed by atoms with Crippen molar-refractivity contribution in [3.05, 3.63) is 60.2 Å². The molecule has 38 heavy (non-hydrogen) atoms. The molecular weight excluding hydrogens is 482 g/mol. The molecule has 1 spiro atoms. The van der Waals surface area contributed by atoms with Gasteiger partial charge in [0.2, 0.25) is 17.7 Å². The van der Waals surface area contributed by atoms with E-state index in [0.717, 1.165) is 18.4 Å². The molecule has 2 saturated heterocycles. The first-order chi connectivity index (χ1) is 18.4. The summed E-state index contributed by atoms with van der Waals surface area (Å²) in [5.74, 6) is -2.00. The van der Waals surface area contributed by atoms with Gasteiger partial charge in [-0.25, -0.2) is 0 Å². The van der Waals surface area contributed by atoms with Gasteiger partial charge in [0.15, 0.2) is 0 Å². The van der Waals surface area contributed by atoms with Crippen LogP contribution in [0.4, 0.5) is 0 Å². The summed E-state index contributed by atoms with van der Waals surface area (Å²) in [5.41, 5.74) is -1.21. The number of ether oxygens (including phenoxy) is 1. The Kier molecular flexibility index (Phi) is 7.47. The monoisotopic (exact) mass is 521 g/mol. The third-order valence-corrected chi connectivity index (χ3v) is 8.53. The van der Waals surface area contributed by atoms with Gasteiger partial charge in [-0.15, -0.1) is 0 Å². The van der Waals surface area contributed by atoms with Crippen molar-refractivity contribution in [2.24, 2.45) is 11.8 Å². The van der Waals surface area contributed by atoms with Crippen molar-refractivity contribution in [1.29, 1.82) is 0 Å². The molecule has 1 N–H and O–H groups in total. The molecule has 1 aromatic carbocycles. The van der Waals surface area contributed by atoms with Crippen LogP contribution in [0.3, 0.4) is 0 Å². The van der Waals surface area contributed by atoms with Gasteiger partial charge in [0, 0.05) is 39.3 Å². The number of rotatable bonds is 9. The van der Waals surface area contributed by atoms with E-state index in [9.17, 15) is 19.5 Å². The standard InChI is InChI=1S/C30H39N3O5/c1-3-4-16-31-17-11-15-30-24(27(36)33(19-8-9-20-34)25(30)28(31)37)23-26(35)32(18-10-14-29(23,2)38-30)21-22-12-6-5-7-13-22/h5-7,10-15,23-25,34H,3-4,8-9,16-21H2,1-2H3/t23-,24+,25?,29+,30+/m1/s1. The molecule has 1 unspecified atom stereocenters. The van der Waals surface area contributed by atoms with Crippen molar-refractivity contribution in [2.75, 3.05) is 32.8 Å². The Morgan fingerprint density at radius 2 is 1.63 bits per heavy atom. The van der Waals surface area contributed by atoms with Crippen LogP contribution in [0.5, 0.6) is 0 Å². The summed E-state index contributed by atoms with van der Waals surface area (Å²) in [6, 6.07) is 9.00. The molecule has 8 heteroatoms. The quantitative estimate of drug-likeness (QED) is 0.399. The second kappa shape index (κ2) is 10.7. The fourth-order valence-electron chi connectivity index (χ4n) is 6.75. The van der Waals surface area contributed by atoms with E-state index in [-0.39, 0.29) is 24.3 Å². The molecule has 4 heterocycles. The van der Waals surface area contributed by atoms with E-state index in [4.69, 9.17) is 4.74 Å². The lowest BCUT2D eigenvalue weighted by Crippen LogP contribution is -2.56. The van der Waals surface area contributed by atoms with Crippen LogP contribution in [0, 0.1) is 11.8 Å². The predicted molar refractivity (Wildman–Crippen MR) is 143 cm³/mol. The van der Waals surface area contributed by atoms with Gasteiger partial charge in [-0.1, -0.05) is 68.0 Å². The third-order valence-electron chi connectivity index (χ3n) is 8.53. The lowest BCUT2D eigenvalue weighted by molar-refractivity contribution is -0.153. The van der Waals surface area contributed by atoms with E-state index in [1.807, 2.05) is 66.5 Å². The van der Waals surface area contributed by atoms with Crippen LogP contribution >= 0.6 is 0 Å². The Labute approximate surface area is 224 Å². The summed E-state index contributed by atoms with van der Waals surface area (Å²) in [6.45, 7) is 6.26. The zero-order chi connectivity index (χ0) is 26.9. The van der Waals surface area contributed by atoms with Gasteiger partial charge in [0.25, 0.3) is 0 Å². The summed E-state index contributed by atoms with van der Waals surface area (Å²) in [7, 11) is 0. The molecule has 5 rings (SSSR count). The lowest BCUT2D eigenvalue weighted by Gasteiger charge is -2.37. The Hall–Kier alpha value is -2.97. The van der Waals surface area contributed by atoms with Crippen molar-refractivity contribution in [2.45, 2.75) is 63.3 Å². The number of hydrogen-bond acceptors (Lipinski definition) is 5. The Bertz CT molecular complexity index is 1120. The number of carbonyl (C=O) groups excluding carboxylic acids is 3. The number of unbranched alkanes of at least 4 members (excludes halogenated alkanes) is 2. The number of benzene rings is 1. The highest BCUT2D eigenvalue weighted by Gasteiger charge is 2.74. The number of aliphatic hydroxyl groups excluding tert-OH is 1. The maximum atomic E-state index is 14.2. The second-order valence-electron chi connectivity index (χ2n) is 11.1. The average molecular weight is 522 g/mol. The first-order valence-corrected chi connectivity index (χ1v) is 13.9. The zero-order valence-electron chi connectivity index (χ0n) is 22.4. The zero-order valence-corrected chi connectivity index (χ0v) is 22.4. The van der Waals surface area contributed by atoms with E-state index in [1.165, 1.54) is 0 Å². The Balaban J connectivity index is 1.54. The van der Waals surface area contributed by atoms with Gasteiger partial charge in [-0.2, -0.15) is 0 Å². The molecular formula is C30H39N3O5. The Morgan fingerprint density at radius 3 is 2.37 bits per heavy atom. The van der Waals surface area contributed by atoms with Crippen molar-refractivity contribution in [3.8, 4) is 0 Å². The maximum absolute atomic E-state index is 14.2. The number of amides is 3. The minimum atomic E-state index is -1.22. The minimum Gasteiger partial charge on any atom is -0.396 e. The molecule has 0 saturated carbocycles. The first-order valence-electron chi connectivity index (χ1n) is 13.9. The molecule has 5 atom stereocenters. The van der Waals surface area contributed by atoms with Gasteiger partial charge in [0.05, 0.1) is 17.4 Å². The normalized spacial score (nSPS) is 32.3. The van der Waals surface area contributed by atoms with Crippen molar-refractivity contribution < 1.29 is 24.2 Å². The van der Waals surface area contributed by atoms with Gasteiger partial charge in [-0.05, 0) is 31.7 Å². The predicted octanol–water partition coefficient (Wildman–Crippen LogP) is 2.53. The van der Waals surface area contributed by atoms with Crippen LogP contribution in [0.25, 0.3) is 0 Å². The molecule has 3 amide bonds. The highest BCUT2D eigenvalue weighted by molar-refractivity contribution is 6.00. The third kappa shape index (κ3) is 4.37. The number of nitrogens with zero attached hydrogens (tertiary/aromatic N) is 3. The smallest absolute Gasteiger partial charge is 0.249 e. The largest absolute Gasteiger partial charge is 0.396 e. The highest BCUT2D eigenvalue weighted by atomic mass is 16.5. The molecule has 8 nitrogen and oxygen atoms in total. The summed E-state index contributed by atoms with van der Waals surface area (Å²) in [6.07, 6.45) is 10.7. The molecule has 0 aliphatic carbocycles. The van der Waals surface area contributed by atoms with Crippen molar-refractivity contribution in [1.82, 2.24) is 14.7 Å². The topological polar surface area (TPSA) is 90.4 Å². The van der Waals surface area contributed by atoms with E-state index in [0.29, 0.717) is 45.6 Å². The van der Waals surface area contributed by atoms with E-state index in [2.05, 4.69) is 6.92 Å². The van der Waals surface area contributed by atoms with E-state index in [1.54, 1.807) is 9.80 Å². The average Bonchev–Trinajstić information content (AvgIpc) is 3.18. The fraction of sp³-hybridized carbons (Fsp3) is 0.567. The molecule has 4 aliphatic heterocycles. The fourth-order valence-corrected chi connectivity index (χ4v) is 6.75. The minimum absolute atomic E-state index is 0.0205. The lowest BCUT2D eigenvalue weighted by atomic mass is 9.74. The van der Waals surface area contributed by atoms with Crippen molar-refractivity contribution >= 4 is 17.7 Å². The van der Waals surface area contributed by atoms with Crippen molar-refractivity contribution in [3.63, 3.8) is 0 Å². The van der Waals surface area contributed by atoms with E-state index >= 15 is 0 Å². The van der Waals surface area contributed by atoms with Crippen LogP contribution < -0.4 is 0 Å². The molecule has 0 aromatic heterocycles. The van der Waals surface area contributed by atoms with Gasteiger partial charge in [-0.3, -0.25) is 14.4 Å². The highest BCUT2D eigenvalue weighted by Crippen LogP contribution is 2.57. The van der Waals surface area contributed by atoms with Crippen LogP contribution in [0.1, 0.15) is 45.1 Å². The summed E-state index contributed by atoms with van der Waals surface area (Å²) >= 11 is 0. The van der Waals surface area contributed by atoms with Crippen LogP contribution in [0.15, 0.2) is 54.6 Å². The maximum Gasteiger partial charge on any atom is 0.249 e. The number of fused-ring (bicyclic) bond motifs is 2. The summed E-state index contributed by atoms with van der Waals surface area (Å²) in [5, 5.41) is 9.37. The van der Waals surface area contributed by atoms with Gasteiger partial charge in [0.1, 0.15) is 11.6 Å². The number of hydrogen-bond donors (Lipinski definition) is 1. The molecule has 1 aromatic rings. The SMILES string of the molecule is CCCCN1CC=C[C@]23O[C@@]4(C)C=CCN(Cc5ccccc5)C(=O)[C@H]4[C@H]2C(=O)N(CCCCO)C3C1=O. The van der Waals surface area contributed by atoms with Crippen LogP contribution in [-0.4, -0.2) is 87.6 Å². The Morgan fingerprint density at radius 1 is 0.895 bits per heavy atom. The number of aliphatic hydroxyl groups is 1. The van der Waals surface area contributed by atoms with Crippen LogP contribution in [0.2, 0.25) is 0 Å². The molecule has 0 bridgehead atoms. The van der Waals surface area contributed by atoms with Gasteiger partial charge >= 0.3 is 0 Å². The first kappa shape index (κ1) is 26.6. The summed E-state index contributed by atoms with van der Waals surface area (Å²) in [4.78, 5) is 47.8. The summed E-state index contributed by atoms with van der Waals surface area (Å²) < 4.78 is 6.85. The van der Waals surface area contributed by atoms with E-state index < -0.39 is 29.1 Å². The molecule has 204 valence electrons. The number of likely N-dealkylation sites (tertiary alicyclic amines) is 1. The molecule has 4 aliphatic rings.